The molecule has 106 valence electrons. The molecule has 1 nitrogen and oxygen atoms in total. The average Bonchev–Trinajstić information content (AvgIpc) is 2.33. The summed E-state index contributed by atoms with van der Waals surface area (Å²) in [5, 5.41) is 3.79. The number of unbranched alkanes of at least 4 members (excludes halogenated alkanes) is 2. The molecule has 0 aromatic heterocycles. The molecule has 0 spiro atoms. The van der Waals surface area contributed by atoms with Crippen molar-refractivity contribution in [2.75, 3.05) is 0 Å². The van der Waals surface area contributed by atoms with Crippen molar-refractivity contribution in [3.63, 3.8) is 0 Å². The van der Waals surface area contributed by atoms with Gasteiger partial charge in [-0.2, -0.15) is 0 Å². The van der Waals surface area contributed by atoms with Crippen molar-refractivity contribution in [1.29, 1.82) is 0 Å². The molecule has 1 atom stereocenters. The molecule has 1 saturated carbocycles. The second kappa shape index (κ2) is 7.09. The maximum absolute atomic E-state index is 3.79. The molecule has 1 aliphatic carbocycles. The minimum atomic E-state index is 0.690. The molecule has 0 heterocycles. The zero-order valence-electron chi connectivity index (χ0n) is 12.8. The second-order valence-corrected chi connectivity index (χ2v) is 6.34. The number of benzene rings is 1. The van der Waals surface area contributed by atoms with Gasteiger partial charge >= 0.3 is 0 Å². The molecule has 1 heteroatoms. The van der Waals surface area contributed by atoms with E-state index >= 15 is 0 Å². The van der Waals surface area contributed by atoms with Gasteiger partial charge in [-0.05, 0) is 44.6 Å². The lowest BCUT2D eigenvalue weighted by atomic mass is 9.75. The number of rotatable bonds is 7. The minimum Gasteiger partial charge on any atom is -0.311 e. The third kappa shape index (κ3) is 4.35. The van der Waals surface area contributed by atoms with E-state index in [2.05, 4.69) is 50.4 Å². The number of nitrogens with one attached hydrogen (secondary N) is 1. The molecule has 0 bridgehead atoms. The highest BCUT2D eigenvalue weighted by Crippen LogP contribution is 2.37. The zero-order valence-corrected chi connectivity index (χ0v) is 12.8. The first-order valence-corrected chi connectivity index (χ1v) is 8.01. The van der Waals surface area contributed by atoms with Crippen molar-refractivity contribution in [2.45, 2.75) is 77.3 Å². The monoisotopic (exact) mass is 259 g/mol. The van der Waals surface area contributed by atoms with E-state index in [1.807, 2.05) is 0 Å². The second-order valence-electron chi connectivity index (χ2n) is 6.34. The predicted octanol–water partition coefficient (Wildman–Crippen LogP) is 4.80. The number of hydrogen-bond donors (Lipinski definition) is 1. The topological polar surface area (TPSA) is 12.0 Å². The van der Waals surface area contributed by atoms with Crippen LogP contribution >= 0.6 is 0 Å². The third-order valence-electron chi connectivity index (χ3n) is 4.41. The Kier molecular flexibility index (Phi) is 5.45. The highest BCUT2D eigenvalue weighted by atomic mass is 15.0. The van der Waals surface area contributed by atoms with Crippen LogP contribution in [0, 0.1) is 6.92 Å². The molecule has 0 saturated heterocycles. The van der Waals surface area contributed by atoms with Crippen molar-refractivity contribution in [1.82, 2.24) is 5.32 Å². The van der Waals surface area contributed by atoms with Gasteiger partial charge in [-0.3, -0.25) is 0 Å². The molecular weight excluding hydrogens is 230 g/mol. The van der Waals surface area contributed by atoms with Crippen LogP contribution in [0.25, 0.3) is 0 Å². The first kappa shape index (κ1) is 14.6. The Morgan fingerprint density at radius 3 is 2.74 bits per heavy atom. The van der Waals surface area contributed by atoms with Gasteiger partial charge in [0.25, 0.3) is 0 Å². The van der Waals surface area contributed by atoms with E-state index in [4.69, 9.17) is 0 Å². The molecule has 1 aromatic rings. The SMILES string of the molecule is CCCCCC(C)NC1CC(c2cccc(C)c2)C1. The molecule has 0 amide bonds. The maximum Gasteiger partial charge on any atom is 0.00812 e. The van der Waals surface area contributed by atoms with Gasteiger partial charge < -0.3 is 5.32 Å². The van der Waals surface area contributed by atoms with E-state index in [9.17, 15) is 0 Å². The maximum atomic E-state index is 3.79. The lowest BCUT2D eigenvalue weighted by molar-refractivity contribution is 0.263. The molecule has 1 N–H and O–H groups in total. The fourth-order valence-electron chi connectivity index (χ4n) is 3.14. The summed E-state index contributed by atoms with van der Waals surface area (Å²) in [6.07, 6.45) is 8.05. The average molecular weight is 259 g/mol. The lowest BCUT2D eigenvalue weighted by Gasteiger charge is -2.38. The van der Waals surface area contributed by atoms with E-state index in [0.717, 1.165) is 12.0 Å². The summed E-state index contributed by atoms with van der Waals surface area (Å²) in [7, 11) is 0. The van der Waals surface area contributed by atoms with Crippen LogP contribution in [0.5, 0.6) is 0 Å². The van der Waals surface area contributed by atoms with Crippen molar-refractivity contribution in [3.8, 4) is 0 Å². The van der Waals surface area contributed by atoms with E-state index < -0.39 is 0 Å². The van der Waals surface area contributed by atoms with Crippen molar-refractivity contribution < 1.29 is 0 Å². The van der Waals surface area contributed by atoms with Gasteiger partial charge in [0.05, 0.1) is 0 Å². The smallest absolute Gasteiger partial charge is 0.00812 e. The Bertz CT molecular complexity index is 379. The first-order chi connectivity index (χ1) is 9.19. The van der Waals surface area contributed by atoms with Crippen LogP contribution in [0.3, 0.4) is 0 Å². The first-order valence-electron chi connectivity index (χ1n) is 8.01. The van der Waals surface area contributed by atoms with Crippen LogP contribution < -0.4 is 5.32 Å². The fourth-order valence-corrected chi connectivity index (χ4v) is 3.14. The van der Waals surface area contributed by atoms with Gasteiger partial charge in [0.1, 0.15) is 0 Å². The summed E-state index contributed by atoms with van der Waals surface area (Å²) < 4.78 is 0. The molecule has 1 aliphatic rings. The minimum absolute atomic E-state index is 0.690. The quantitative estimate of drug-likeness (QED) is 0.694. The molecular formula is C18H29N. The molecule has 1 fully saturated rings. The van der Waals surface area contributed by atoms with Crippen LogP contribution in [-0.4, -0.2) is 12.1 Å². The van der Waals surface area contributed by atoms with Gasteiger partial charge in [0, 0.05) is 12.1 Å². The predicted molar refractivity (Wildman–Crippen MR) is 83.7 cm³/mol. The Balaban J connectivity index is 1.68. The highest BCUT2D eigenvalue weighted by molar-refractivity contribution is 5.27. The Labute approximate surface area is 118 Å². The largest absolute Gasteiger partial charge is 0.311 e. The number of aryl methyl sites for hydroxylation is 1. The van der Waals surface area contributed by atoms with Crippen molar-refractivity contribution in [2.24, 2.45) is 0 Å². The third-order valence-corrected chi connectivity index (χ3v) is 4.41. The van der Waals surface area contributed by atoms with Gasteiger partial charge in [-0.25, -0.2) is 0 Å². The Morgan fingerprint density at radius 2 is 2.05 bits per heavy atom. The van der Waals surface area contributed by atoms with Gasteiger partial charge in [-0.1, -0.05) is 56.0 Å². The van der Waals surface area contributed by atoms with E-state index in [1.165, 1.54) is 49.7 Å². The number of hydrogen-bond acceptors (Lipinski definition) is 1. The van der Waals surface area contributed by atoms with Gasteiger partial charge in [-0.15, -0.1) is 0 Å². The summed E-state index contributed by atoms with van der Waals surface area (Å²) >= 11 is 0. The molecule has 0 radical (unpaired) electrons. The summed E-state index contributed by atoms with van der Waals surface area (Å²) in [5.74, 6) is 0.792. The summed E-state index contributed by atoms with van der Waals surface area (Å²) in [4.78, 5) is 0. The normalized spacial score (nSPS) is 23.9. The molecule has 1 aromatic carbocycles. The van der Waals surface area contributed by atoms with Crippen LogP contribution in [-0.2, 0) is 0 Å². The lowest BCUT2D eigenvalue weighted by Crippen LogP contribution is -2.44. The van der Waals surface area contributed by atoms with Crippen LogP contribution in [0.1, 0.15) is 69.4 Å². The van der Waals surface area contributed by atoms with E-state index in [1.54, 1.807) is 0 Å². The Hall–Kier alpha value is -0.820. The van der Waals surface area contributed by atoms with Crippen molar-refractivity contribution >= 4 is 0 Å². The summed E-state index contributed by atoms with van der Waals surface area (Å²) in [6, 6.07) is 10.5. The van der Waals surface area contributed by atoms with E-state index in [0.29, 0.717) is 6.04 Å². The summed E-state index contributed by atoms with van der Waals surface area (Å²) in [6.45, 7) is 6.81. The van der Waals surface area contributed by atoms with Gasteiger partial charge in [0.2, 0.25) is 0 Å². The summed E-state index contributed by atoms with van der Waals surface area (Å²) in [5.41, 5.74) is 2.93. The van der Waals surface area contributed by atoms with Crippen molar-refractivity contribution in [3.05, 3.63) is 35.4 Å². The van der Waals surface area contributed by atoms with Crippen LogP contribution in [0.2, 0.25) is 0 Å². The zero-order chi connectivity index (χ0) is 13.7. The molecule has 2 rings (SSSR count). The van der Waals surface area contributed by atoms with Crippen LogP contribution in [0.4, 0.5) is 0 Å². The molecule has 1 unspecified atom stereocenters. The van der Waals surface area contributed by atoms with E-state index in [-0.39, 0.29) is 0 Å². The molecule has 19 heavy (non-hydrogen) atoms. The van der Waals surface area contributed by atoms with Gasteiger partial charge in [0.15, 0.2) is 0 Å². The fraction of sp³-hybridized carbons (Fsp3) is 0.667. The van der Waals surface area contributed by atoms with Crippen LogP contribution in [0.15, 0.2) is 24.3 Å². The highest BCUT2D eigenvalue weighted by Gasteiger charge is 2.30. The Morgan fingerprint density at radius 1 is 1.26 bits per heavy atom. The standard InChI is InChI=1S/C18H29N/c1-4-5-6-9-15(3)19-18-12-17(13-18)16-10-7-8-14(2)11-16/h7-8,10-11,15,17-19H,4-6,9,12-13H2,1-3H3. The molecule has 0 aliphatic heterocycles.